The Labute approximate surface area is 99.8 Å². The van der Waals surface area contributed by atoms with E-state index in [9.17, 15) is 4.79 Å². The quantitative estimate of drug-likeness (QED) is 0.792. The van der Waals surface area contributed by atoms with Gasteiger partial charge in [0.25, 0.3) is 0 Å². The molecule has 0 atom stereocenters. The standard InChI is InChI=1S/C10H18N4O3/c1-10(2,3)17-9(16)11-6-8-7-12-13-14(8)4-5-15/h7,15H,4-6H2,1-3H3,(H,11,16). The minimum atomic E-state index is -0.520. The van der Waals surface area contributed by atoms with E-state index in [0.717, 1.165) is 0 Å². The first-order valence-electron chi connectivity index (χ1n) is 5.37. The molecule has 0 fully saturated rings. The molecule has 0 aliphatic heterocycles. The number of aliphatic hydroxyl groups is 1. The predicted octanol–water partition coefficient (Wildman–Crippen LogP) is 0.295. The predicted molar refractivity (Wildman–Crippen MR) is 60.2 cm³/mol. The van der Waals surface area contributed by atoms with Gasteiger partial charge in [0, 0.05) is 0 Å². The molecule has 0 bridgehead atoms. The fraction of sp³-hybridized carbons (Fsp3) is 0.700. The molecular weight excluding hydrogens is 224 g/mol. The van der Waals surface area contributed by atoms with E-state index in [1.807, 2.05) is 0 Å². The van der Waals surface area contributed by atoms with Crippen LogP contribution in [0.2, 0.25) is 0 Å². The van der Waals surface area contributed by atoms with Crippen LogP contribution in [0.5, 0.6) is 0 Å². The van der Waals surface area contributed by atoms with E-state index in [-0.39, 0.29) is 13.2 Å². The highest BCUT2D eigenvalue weighted by molar-refractivity contribution is 5.67. The van der Waals surface area contributed by atoms with Gasteiger partial charge in [-0.2, -0.15) is 0 Å². The molecule has 0 radical (unpaired) electrons. The van der Waals surface area contributed by atoms with Crippen molar-refractivity contribution < 1.29 is 14.6 Å². The second-order valence-electron chi connectivity index (χ2n) is 4.53. The van der Waals surface area contributed by atoms with Crippen LogP contribution in [0.3, 0.4) is 0 Å². The summed E-state index contributed by atoms with van der Waals surface area (Å²) in [4.78, 5) is 11.4. The molecule has 0 unspecified atom stereocenters. The van der Waals surface area contributed by atoms with Crippen molar-refractivity contribution in [1.82, 2.24) is 20.3 Å². The number of aromatic nitrogens is 3. The number of amides is 1. The van der Waals surface area contributed by atoms with Gasteiger partial charge in [-0.15, -0.1) is 5.10 Å². The lowest BCUT2D eigenvalue weighted by atomic mass is 10.2. The van der Waals surface area contributed by atoms with Crippen LogP contribution < -0.4 is 5.32 Å². The third kappa shape index (κ3) is 4.81. The number of carbonyl (C=O) groups is 1. The molecule has 17 heavy (non-hydrogen) atoms. The molecule has 1 aromatic rings. The molecule has 0 aliphatic rings. The minimum Gasteiger partial charge on any atom is -0.444 e. The summed E-state index contributed by atoms with van der Waals surface area (Å²) < 4.78 is 6.61. The van der Waals surface area contributed by atoms with Gasteiger partial charge in [-0.1, -0.05) is 5.21 Å². The van der Waals surface area contributed by atoms with Crippen molar-refractivity contribution in [3.05, 3.63) is 11.9 Å². The van der Waals surface area contributed by atoms with Crippen LogP contribution in [0.4, 0.5) is 4.79 Å². The van der Waals surface area contributed by atoms with Crippen molar-refractivity contribution in [3.8, 4) is 0 Å². The number of ether oxygens (including phenoxy) is 1. The summed E-state index contributed by atoms with van der Waals surface area (Å²) in [6.45, 7) is 5.98. The fourth-order valence-corrected chi connectivity index (χ4v) is 1.18. The van der Waals surface area contributed by atoms with E-state index in [0.29, 0.717) is 12.2 Å². The largest absolute Gasteiger partial charge is 0.444 e. The van der Waals surface area contributed by atoms with Crippen molar-refractivity contribution in [3.63, 3.8) is 0 Å². The second-order valence-corrected chi connectivity index (χ2v) is 4.53. The zero-order valence-electron chi connectivity index (χ0n) is 10.3. The Morgan fingerprint density at radius 3 is 2.88 bits per heavy atom. The van der Waals surface area contributed by atoms with E-state index in [1.54, 1.807) is 20.8 Å². The van der Waals surface area contributed by atoms with Gasteiger partial charge >= 0.3 is 6.09 Å². The van der Waals surface area contributed by atoms with E-state index in [1.165, 1.54) is 10.9 Å². The van der Waals surface area contributed by atoms with E-state index in [2.05, 4.69) is 15.6 Å². The maximum Gasteiger partial charge on any atom is 0.407 e. The zero-order chi connectivity index (χ0) is 12.9. The van der Waals surface area contributed by atoms with Crippen molar-refractivity contribution in [2.75, 3.05) is 6.61 Å². The smallest absolute Gasteiger partial charge is 0.407 e. The van der Waals surface area contributed by atoms with Gasteiger partial charge in [0.05, 0.1) is 31.6 Å². The summed E-state index contributed by atoms with van der Waals surface area (Å²) in [6, 6.07) is 0. The van der Waals surface area contributed by atoms with Gasteiger partial charge in [0.2, 0.25) is 0 Å². The molecule has 0 aliphatic carbocycles. The number of nitrogens with zero attached hydrogens (tertiary/aromatic N) is 3. The molecule has 0 spiro atoms. The zero-order valence-corrected chi connectivity index (χ0v) is 10.3. The summed E-state index contributed by atoms with van der Waals surface area (Å²) in [5.41, 5.74) is 0.193. The van der Waals surface area contributed by atoms with Crippen LogP contribution in [-0.2, 0) is 17.8 Å². The number of hydrogen-bond donors (Lipinski definition) is 2. The molecule has 1 heterocycles. The van der Waals surface area contributed by atoms with Crippen LogP contribution >= 0.6 is 0 Å². The molecule has 2 N–H and O–H groups in total. The summed E-state index contributed by atoms with van der Waals surface area (Å²) >= 11 is 0. The topological polar surface area (TPSA) is 89.3 Å². The molecule has 7 nitrogen and oxygen atoms in total. The van der Waals surface area contributed by atoms with Crippen LogP contribution in [0.1, 0.15) is 26.5 Å². The summed E-state index contributed by atoms with van der Waals surface area (Å²) in [6.07, 6.45) is 1.04. The van der Waals surface area contributed by atoms with Gasteiger partial charge in [-0.05, 0) is 20.8 Å². The molecule has 0 saturated carbocycles. The van der Waals surface area contributed by atoms with E-state index >= 15 is 0 Å². The number of hydrogen-bond acceptors (Lipinski definition) is 5. The molecule has 0 saturated heterocycles. The number of rotatable bonds is 4. The van der Waals surface area contributed by atoms with E-state index < -0.39 is 11.7 Å². The van der Waals surface area contributed by atoms with Crippen molar-refractivity contribution >= 4 is 6.09 Å². The van der Waals surface area contributed by atoms with Crippen molar-refractivity contribution in [1.29, 1.82) is 0 Å². The Morgan fingerprint density at radius 1 is 1.59 bits per heavy atom. The fourth-order valence-electron chi connectivity index (χ4n) is 1.18. The molecular formula is C10H18N4O3. The Hall–Kier alpha value is -1.63. The lowest BCUT2D eigenvalue weighted by molar-refractivity contribution is 0.0522. The highest BCUT2D eigenvalue weighted by atomic mass is 16.6. The summed E-state index contributed by atoms with van der Waals surface area (Å²) in [7, 11) is 0. The third-order valence-electron chi connectivity index (χ3n) is 1.82. The van der Waals surface area contributed by atoms with Gasteiger partial charge in [-0.25, -0.2) is 9.48 Å². The highest BCUT2D eigenvalue weighted by Gasteiger charge is 2.16. The van der Waals surface area contributed by atoms with Gasteiger partial charge in [0.15, 0.2) is 0 Å². The first kappa shape index (κ1) is 13.4. The molecule has 1 aromatic heterocycles. The Bertz CT molecular complexity index is 370. The van der Waals surface area contributed by atoms with Gasteiger partial charge in [-0.3, -0.25) is 0 Å². The third-order valence-corrected chi connectivity index (χ3v) is 1.82. The highest BCUT2D eigenvalue weighted by Crippen LogP contribution is 2.06. The average Bonchev–Trinajstić information content (AvgIpc) is 2.60. The minimum absolute atomic E-state index is 0.0250. The average molecular weight is 242 g/mol. The lowest BCUT2D eigenvalue weighted by Crippen LogP contribution is -2.32. The number of carbonyl (C=O) groups excluding carboxylic acids is 1. The van der Waals surface area contributed by atoms with Gasteiger partial charge < -0.3 is 15.2 Å². The maximum absolute atomic E-state index is 11.4. The molecule has 96 valence electrons. The van der Waals surface area contributed by atoms with Crippen LogP contribution in [0, 0.1) is 0 Å². The van der Waals surface area contributed by atoms with Crippen molar-refractivity contribution in [2.45, 2.75) is 39.5 Å². The first-order chi connectivity index (χ1) is 7.92. The molecule has 7 heteroatoms. The molecule has 1 amide bonds. The van der Waals surface area contributed by atoms with Crippen LogP contribution in [-0.4, -0.2) is 38.4 Å². The monoisotopic (exact) mass is 242 g/mol. The SMILES string of the molecule is CC(C)(C)OC(=O)NCc1cnnn1CCO. The summed E-state index contributed by atoms with van der Waals surface area (Å²) in [5, 5.41) is 18.9. The van der Waals surface area contributed by atoms with Crippen LogP contribution in [0.15, 0.2) is 6.20 Å². The molecule has 1 rings (SSSR count). The Kier molecular flexibility index (Phi) is 4.45. The van der Waals surface area contributed by atoms with E-state index in [4.69, 9.17) is 9.84 Å². The van der Waals surface area contributed by atoms with Gasteiger partial charge in [0.1, 0.15) is 5.60 Å². The number of alkyl carbamates (subject to hydrolysis) is 1. The first-order valence-corrected chi connectivity index (χ1v) is 5.37. The normalized spacial score (nSPS) is 11.3. The number of aliphatic hydroxyl groups excluding tert-OH is 1. The number of nitrogens with one attached hydrogen (secondary N) is 1. The lowest BCUT2D eigenvalue weighted by Gasteiger charge is -2.19. The maximum atomic E-state index is 11.4. The Balaban J connectivity index is 2.44. The molecule has 0 aromatic carbocycles. The van der Waals surface area contributed by atoms with Crippen LogP contribution in [0.25, 0.3) is 0 Å². The second kappa shape index (κ2) is 5.62. The summed E-state index contributed by atoms with van der Waals surface area (Å²) in [5.74, 6) is 0. The Morgan fingerprint density at radius 2 is 2.29 bits per heavy atom. The van der Waals surface area contributed by atoms with Crippen molar-refractivity contribution in [2.24, 2.45) is 0 Å².